The van der Waals surface area contributed by atoms with Crippen molar-refractivity contribution in [3.63, 3.8) is 0 Å². The number of rotatable bonds is 5. The van der Waals surface area contributed by atoms with Crippen LogP contribution in [0.25, 0.3) is 0 Å². The summed E-state index contributed by atoms with van der Waals surface area (Å²) in [6.07, 6.45) is 0. The summed E-state index contributed by atoms with van der Waals surface area (Å²) in [5.41, 5.74) is 0.479. The highest BCUT2D eigenvalue weighted by Crippen LogP contribution is 2.22. The molecule has 4 nitrogen and oxygen atoms in total. The molecule has 7 heteroatoms. The summed E-state index contributed by atoms with van der Waals surface area (Å²) >= 11 is 11.7. The largest absolute Gasteiger partial charge is 0.374 e. The smallest absolute Gasteiger partial charge is 0.158 e. The molecule has 0 aliphatic carbocycles. The monoisotopic (exact) mass is 315 g/mol. The first-order valence-electron chi connectivity index (χ1n) is 5.91. The van der Waals surface area contributed by atoms with Crippen LogP contribution in [0.2, 0.25) is 10.2 Å². The minimum atomic E-state index is -0.435. The van der Waals surface area contributed by atoms with Gasteiger partial charge >= 0.3 is 0 Å². The number of ether oxygens (including phenoxy) is 1. The number of anilines is 2. The van der Waals surface area contributed by atoms with Crippen LogP contribution in [-0.4, -0.2) is 16.6 Å². The molecule has 0 spiro atoms. The van der Waals surface area contributed by atoms with Crippen molar-refractivity contribution in [1.29, 1.82) is 0 Å². The number of hydrogen-bond acceptors (Lipinski definition) is 4. The average Bonchev–Trinajstić information content (AvgIpc) is 2.34. The fourth-order valence-electron chi connectivity index (χ4n) is 1.56. The minimum absolute atomic E-state index is 0.260. The number of hydrogen-bond donors (Lipinski definition) is 1. The van der Waals surface area contributed by atoms with Gasteiger partial charge in [-0.2, -0.15) is 0 Å². The summed E-state index contributed by atoms with van der Waals surface area (Å²) in [5.74, 6) is 0.459. The van der Waals surface area contributed by atoms with Crippen LogP contribution in [0.5, 0.6) is 0 Å². The zero-order chi connectivity index (χ0) is 14.5. The van der Waals surface area contributed by atoms with Crippen LogP contribution in [0.1, 0.15) is 12.7 Å². The lowest BCUT2D eigenvalue weighted by molar-refractivity contribution is 0.128. The summed E-state index contributed by atoms with van der Waals surface area (Å²) in [7, 11) is 0. The number of nitrogens with zero attached hydrogens (tertiary/aromatic N) is 2. The molecule has 106 valence electrons. The van der Waals surface area contributed by atoms with Crippen LogP contribution in [0.4, 0.5) is 15.9 Å². The fourth-order valence-corrected chi connectivity index (χ4v) is 1.98. The van der Waals surface area contributed by atoms with Gasteiger partial charge in [0.25, 0.3) is 0 Å². The SMILES string of the molecule is CCOCc1nc(Cl)cc(Nc2cc(F)cc(Cl)c2)n1. The van der Waals surface area contributed by atoms with E-state index in [1.807, 2.05) is 6.92 Å². The molecule has 0 saturated heterocycles. The molecule has 0 unspecified atom stereocenters. The first-order chi connectivity index (χ1) is 9.56. The molecular weight excluding hydrogens is 304 g/mol. The second kappa shape index (κ2) is 6.83. The van der Waals surface area contributed by atoms with Gasteiger partial charge < -0.3 is 10.1 Å². The van der Waals surface area contributed by atoms with E-state index in [2.05, 4.69) is 15.3 Å². The van der Waals surface area contributed by atoms with Gasteiger partial charge in [-0.25, -0.2) is 14.4 Å². The van der Waals surface area contributed by atoms with Crippen LogP contribution in [0.3, 0.4) is 0 Å². The summed E-state index contributed by atoms with van der Waals surface area (Å²) in [6, 6.07) is 5.66. The third-order valence-electron chi connectivity index (χ3n) is 2.31. The van der Waals surface area contributed by atoms with E-state index < -0.39 is 5.82 Å². The van der Waals surface area contributed by atoms with Crippen LogP contribution < -0.4 is 5.32 Å². The first-order valence-corrected chi connectivity index (χ1v) is 6.66. The lowest BCUT2D eigenvalue weighted by Gasteiger charge is -2.08. The number of nitrogens with one attached hydrogen (secondary N) is 1. The molecule has 0 fully saturated rings. The van der Waals surface area contributed by atoms with Gasteiger partial charge in [-0.15, -0.1) is 0 Å². The highest BCUT2D eigenvalue weighted by Gasteiger charge is 2.05. The van der Waals surface area contributed by atoms with E-state index in [1.165, 1.54) is 18.2 Å². The van der Waals surface area contributed by atoms with Crippen molar-refractivity contribution >= 4 is 34.7 Å². The molecule has 0 aliphatic rings. The summed E-state index contributed by atoms with van der Waals surface area (Å²) in [4.78, 5) is 8.27. The molecule has 20 heavy (non-hydrogen) atoms. The Labute approximate surface area is 125 Å². The van der Waals surface area contributed by atoms with E-state index >= 15 is 0 Å². The Bertz CT molecular complexity index is 590. The Morgan fingerprint density at radius 3 is 2.70 bits per heavy atom. The highest BCUT2D eigenvalue weighted by molar-refractivity contribution is 6.31. The molecule has 0 bridgehead atoms. The van der Waals surface area contributed by atoms with Gasteiger partial charge in [-0.3, -0.25) is 0 Å². The van der Waals surface area contributed by atoms with Gasteiger partial charge in [0.05, 0.1) is 0 Å². The van der Waals surface area contributed by atoms with Gasteiger partial charge in [-0.1, -0.05) is 23.2 Å². The van der Waals surface area contributed by atoms with E-state index in [0.29, 0.717) is 29.0 Å². The van der Waals surface area contributed by atoms with Gasteiger partial charge in [0.1, 0.15) is 23.4 Å². The van der Waals surface area contributed by atoms with Crippen molar-refractivity contribution in [2.45, 2.75) is 13.5 Å². The molecule has 0 aliphatic heterocycles. The Hall–Kier alpha value is -1.43. The average molecular weight is 316 g/mol. The molecule has 0 saturated carbocycles. The van der Waals surface area contributed by atoms with Crippen molar-refractivity contribution in [2.75, 3.05) is 11.9 Å². The van der Waals surface area contributed by atoms with Crippen molar-refractivity contribution in [3.8, 4) is 0 Å². The Morgan fingerprint density at radius 2 is 2.00 bits per heavy atom. The molecule has 1 heterocycles. The van der Waals surface area contributed by atoms with Crippen LogP contribution in [-0.2, 0) is 11.3 Å². The van der Waals surface area contributed by atoms with Gasteiger partial charge in [0.15, 0.2) is 5.82 Å². The molecule has 0 radical (unpaired) electrons. The highest BCUT2D eigenvalue weighted by atomic mass is 35.5. The molecule has 1 aromatic carbocycles. The number of aromatic nitrogens is 2. The molecule has 0 atom stereocenters. The van der Waals surface area contributed by atoms with Crippen molar-refractivity contribution < 1.29 is 9.13 Å². The predicted octanol–water partition coefficient (Wildman–Crippen LogP) is 4.20. The quantitative estimate of drug-likeness (QED) is 0.840. The zero-order valence-electron chi connectivity index (χ0n) is 10.7. The van der Waals surface area contributed by atoms with E-state index in [1.54, 1.807) is 6.07 Å². The number of halogens is 3. The standard InChI is InChI=1S/C13H12Cl2FN3O/c1-2-20-7-13-18-11(15)6-12(19-13)17-10-4-8(14)3-9(16)5-10/h3-6H,2,7H2,1H3,(H,17,18,19). The van der Waals surface area contributed by atoms with Gasteiger partial charge in [-0.05, 0) is 25.1 Å². The van der Waals surface area contributed by atoms with Crippen LogP contribution in [0.15, 0.2) is 24.3 Å². The van der Waals surface area contributed by atoms with Crippen LogP contribution >= 0.6 is 23.2 Å². The Morgan fingerprint density at radius 1 is 1.20 bits per heavy atom. The van der Waals surface area contributed by atoms with E-state index in [9.17, 15) is 4.39 Å². The predicted molar refractivity (Wildman–Crippen MR) is 77.1 cm³/mol. The molecule has 2 aromatic rings. The van der Waals surface area contributed by atoms with E-state index in [-0.39, 0.29) is 11.8 Å². The minimum Gasteiger partial charge on any atom is -0.374 e. The third kappa shape index (κ3) is 4.30. The molecule has 1 N–H and O–H groups in total. The summed E-state index contributed by atoms with van der Waals surface area (Å²) in [5, 5.41) is 3.50. The normalized spacial score (nSPS) is 10.6. The topological polar surface area (TPSA) is 47.0 Å². The molecular formula is C13H12Cl2FN3O. The van der Waals surface area contributed by atoms with Crippen molar-refractivity contribution in [3.05, 3.63) is 46.1 Å². The lowest BCUT2D eigenvalue weighted by atomic mass is 10.3. The molecule has 2 rings (SSSR count). The number of benzene rings is 1. The maximum Gasteiger partial charge on any atom is 0.158 e. The lowest BCUT2D eigenvalue weighted by Crippen LogP contribution is -2.03. The second-order valence-electron chi connectivity index (χ2n) is 3.91. The van der Waals surface area contributed by atoms with Gasteiger partial charge in [0.2, 0.25) is 0 Å². The molecule has 1 aromatic heterocycles. The van der Waals surface area contributed by atoms with E-state index in [0.717, 1.165) is 0 Å². The van der Waals surface area contributed by atoms with E-state index in [4.69, 9.17) is 27.9 Å². The Kier molecular flexibility index (Phi) is 5.11. The first kappa shape index (κ1) is 15.0. The molecule has 0 amide bonds. The maximum absolute atomic E-state index is 13.3. The summed E-state index contributed by atoms with van der Waals surface area (Å²) in [6.45, 7) is 2.69. The van der Waals surface area contributed by atoms with Crippen molar-refractivity contribution in [2.24, 2.45) is 0 Å². The second-order valence-corrected chi connectivity index (χ2v) is 4.74. The maximum atomic E-state index is 13.3. The van der Waals surface area contributed by atoms with Gasteiger partial charge in [0, 0.05) is 23.4 Å². The third-order valence-corrected chi connectivity index (χ3v) is 2.72. The zero-order valence-corrected chi connectivity index (χ0v) is 12.2. The fraction of sp³-hybridized carbons (Fsp3) is 0.231. The van der Waals surface area contributed by atoms with Crippen molar-refractivity contribution in [1.82, 2.24) is 9.97 Å². The van der Waals surface area contributed by atoms with Crippen LogP contribution in [0, 0.1) is 5.82 Å². The Balaban J connectivity index is 2.21. The summed E-state index contributed by atoms with van der Waals surface area (Å²) < 4.78 is 18.5.